The van der Waals surface area contributed by atoms with Crippen molar-refractivity contribution in [3.05, 3.63) is 42.0 Å². The lowest BCUT2D eigenvalue weighted by atomic mass is 10.1. The Kier molecular flexibility index (Phi) is 6.10. The SMILES string of the molecule is CC(CS(=O)(=O)c1ccc2c(c1)NC(=O)CCS2)C(=O)NCc1ccc2c(c1)OCO2. The number of nitrogens with one attached hydrogen (secondary N) is 2. The van der Waals surface area contributed by atoms with Crippen LogP contribution in [0.4, 0.5) is 5.69 Å². The van der Waals surface area contributed by atoms with Crippen LogP contribution < -0.4 is 20.1 Å². The fourth-order valence-corrected chi connectivity index (χ4v) is 5.82. The summed E-state index contributed by atoms with van der Waals surface area (Å²) in [5.74, 6) is 0.338. The van der Waals surface area contributed by atoms with E-state index in [9.17, 15) is 18.0 Å². The van der Waals surface area contributed by atoms with E-state index in [0.717, 1.165) is 10.5 Å². The summed E-state index contributed by atoms with van der Waals surface area (Å²) in [6.07, 6.45) is 0.377. The van der Waals surface area contributed by atoms with Crippen LogP contribution in [0, 0.1) is 5.92 Å². The number of carbonyl (C=O) groups is 2. The van der Waals surface area contributed by atoms with Gasteiger partial charge in [0.15, 0.2) is 21.3 Å². The van der Waals surface area contributed by atoms with Crippen LogP contribution in [-0.2, 0) is 26.0 Å². The van der Waals surface area contributed by atoms with E-state index in [1.54, 1.807) is 25.1 Å². The van der Waals surface area contributed by atoms with Gasteiger partial charge in [-0.05, 0) is 35.9 Å². The van der Waals surface area contributed by atoms with Crippen LogP contribution in [0.15, 0.2) is 46.2 Å². The zero-order valence-corrected chi connectivity index (χ0v) is 18.5. The number of anilines is 1. The lowest BCUT2D eigenvalue weighted by Gasteiger charge is -2.14. The quantitative estimate of drug-likeness (QED) is 0.679. The van der Waals surface area contributed by atoms with Crippen molar-refractivity contribution in [3.63, 3.8) is 0 Å². The average Bonchev–Trinajstić information content (AvgIpc) is 3.11. The van der Waals surface area contributed by atoms with E-state index in [1.165, 1.54) is 23.9 Å². The van der Waals surface area contributed by atoms with E-state index in [4.69, 9.17) is 9.47 Å². The van der Waals surface area contributed by atoms with Crippen molar-refractivity contribution in [1.82, 2.24) is 5.32 Å². The molecule has 2 aliphatic heterocycles. The number of hydrogen-bond donors (Lipinski definition) is 2. The van der Waals surface area contributed by atoms with Crippen molar-refractivity contribution in [2.24, 2.45) is 5.92 Å². The minimum absolute atomic E-state index is 0.0875. The first kappa shape index (κ1) is 21.5. The van der Waals surface area contributed by atoms with Crippen molar-refractivity contribution >= 4 is 39.1 Å². The van der Waals surface area contributed by atoms with Gasteiger partial charge in [0.25, 0.3) is 0 Å². The van der Waals surface area contributed by atoms with E-state index in [1.807, 2.05) is 6.07 Å². The molecule has 10 heteroatoms. The van der Waals surface area contributed by atoms with Gasteiger partial charge >= 0.3 is 0 Å². The third-order valence-corrected chi connectivity index (χ3v) is 7.98. The molecule has 0 saturated heterocycles. The Morgan fingerprint density at radius 3 is 2.84 bits per heavy atom. The summed E-state index contributed by atoms with van der Waals surface area (Å²) in [5, 5.41) is 5.51. The number of thioether (sulfide) groups is 1. The molecule has 2 heterocycles. The van der Waals surface area contributed by atoms with Gasteiger partial charge in [0.1, 0.15) is 0 Å². The number of sulfone groups is 1. The standard InChI is InChI=1S/C21H22N2O6S2/c1-13(21(25)22-10-14-2-4-17-18(8-14)29-12-28-17)11-31(26,27)15-3-5-19-16(9-15)23-20(24)6-7-30-19/h2-5,8-9,13H,6-7,10-12H2,1H3,(H,22,25)(H,23,24). The molecule has 2 aliphatic rings. The molecule has 31 heavy (non-hydrogen) atoms. The fourth-order valence-electron chi connectivity index (χ4n) is 3.31. The van der Waals surface area contributed by atoms with Gasteiger partial charge in [0, 0.05) is 29.5 Å². The summed E-state index contributed by atoms with van der Waals surface area (Å²) in [7, 11) is -3.72. The predicted octanol–water partition coefficient (Wildman–Crippen LogP) is 2.58. The second-order valence-electron chi connectivity index (χ2n) is 7.39. The van der Waals surface area contributed by atoms with Gasteiger partial charge in [-0.15, -0.1) is 11.8 Å². The van der Waals surface area contributed by atoms with E-state index in [-0.39, 0.29) is 35.8 Å². The lowest BCUT2D eigenvalue weighted by molar-refractivity contribution is -0.124. The summed E-state index contributed by atoms with van der Waals surface area (Å²) < 4.78 is 36.3. The van der Waals surface area contributed by atoms with Gasteiger partial charge in [-0.3, -0.25) is 9.59 Å². The van der Waals surface area contributed by atoms with Gasteiger partial charge in [-0.2, -0.15) is 0 Å². The second kappa shape index (κ2) is 8.80. The molecule has 0 fully saturated rings. The fraction of sp³-hybridized carbons (Fsp3) is 0.333. The number of fused-ring (bicyclic) bond motifs is 2. The summed E-state index contributed by atoms with van der Waals surface area (Å²) in [4.78, 5) is 25.2. The third kappa shape index (κ3) is 4.96. The van der Waals surface area contributed by atoms with Crippen molar-refractivity contribution in [2.45, 2.75) is 29.7 Å². The molecule has 0 aromatic heterocycles. The molecule has 0 radical (unpaired) electrons. The largest absolute Gasteiger partial charge is 0.454 e. The maximum absolute atomic E-state index is 12.9. The van der Waals surface area contributed by atoms with Crippen LogP contribution in [0.5, 0.6) is 11.5 Å². The highest BCUT2D eigenvalue weighted by Gasteiger charge is 2.25. The molecule has 8 nitrogen and oxygen atoms in total. The summed E-state index contributed by atoms with van der Waals surface area (Å²) >= 11 is 1.50. The molecular formula is C21H22N2O6S2. The summed E-state index contributed by atoms with van der Waals surface area (Å²) in [6, 6.07) is 10.1. The van der Waals surface area contributed by atoms with E-state index in [2.05, 4.69) is 10.6 Å². The Bertz CT molecular complexity index is 1130. The molecular weight excluding hydrogens is 440 g/mol. The molecule has 1 atom stereocenters. The molecule has 2 N–H and O–H groups in total. The van der Waals surface area contributed by atoms with Crippen LogP contribution in [0.2, 0.25) is 0 Å². The number of amides is 2. The number of rotatable bonds is 6. The van der Waals surface area contributed by atoms with E-state index >= 15 is 0 Å². The van der Waals surface area contributed by atoms with Gasteiger partial charge < -0.3 is 20.1 Å². The van der Waals surface area contributed by atoms with Gasteiger partial charge in [0.2, 0.25) is 18.6 Å². The van der Waals surface area contributed by atoms with Crippen LogP contribution in [-0.4, -0.2) is 38.5 Å². The molecule has 0 saturated carbocycles. The first-order valence-corrected chi connectivity index (χ1v) is 12.4. The van der Waals surface area contributed by atoms with Crippen LogP contribution in [0.1, 0.15) is 18.9 Å². The van der Waals surface area contributed by atoms with Crippen molar-refractivity contribution in [1.29, 1.82) is 0 Å². The van der Waals surface area contributed by atoms with Crippen molar-refractivity contribution in [2.75, 3.05) is 23.6 Å². The van der Waals surface area contributed by atoms with Crippen LogP contribution in [0.25, 0.3) is 0 Å². The number of benzene rings is 2. The second-order valence-corrected chi connectivity index (χ2v) is 10.6. The van der Waals surface area contributed by atoms with Crippen LogP contribution >= 0.6 is 11.8 Å². The van der Waals surface area contributed by atoms with Crippen molar-refractivity contribution < 1.29 is 27.5 Å². The Hall–Kier alpha value is -2.72. The highest BCUT2D eigenvalue weighted by Crippen LogP contribution is 2.34. The third-order valence-electron chi connectivity index (χ3n) is 4.99. The number of carbonyl (C=O) groups excluding carboxylic acids is 2. The minimum Gasteiger partial charge on any atom is -0.454 e. The number of hydrogen-bond acceptors (Lipinski definition) is 7. The molecule has 164 valence electrons. The number of ether oxygens (including phenoxy) is 2. The minimum atomic E-state index is -3.72. The monoisotopic (exact) mass is 462 g/mol. The molecule has 1 unspecified atom stereocenters. The van der Waals surface area contributed by atoms with Crippen molar-refractivity contribution in [3.8, 4) is 11.5 Å². The molecule has 2 aromatic carbocycles. The van der Waals surface area contributed by atoms with Gasteiger partial charge in [0.05, 0.1) is 16.3 Å². The molecule has 2 aromatic rings. The first-order valence-electron chi connectivity index (χ1n) is 9.77. The first-order chi connectivity index (χ1) is 14.8. The molecule has 0 bridgehead atoms. The Labute approximate surface area is 184 Å². The molecule has 0 aliphatic carbocycles. The molecule has 2 amide bonds. The maximum atomic E-state index is 12.9. The molecule has 4 rings (SSSR count). The van der Waals surface area contributed by atoms with Gasteiger partial charge in [-0.25, -0.2) is 8.42 Å². The smallest absolute Gasteiger partial charge is 0.231 e. The topological polar surface area (TPSA) is 111 Å². The Balaban J connectivity index is 1.39. The molecule has 0 spiro atoms. The van der Waals surface area contributed by atoms with Crippen LogP contribution in [0.3, 0.4) is 0 Å². The summed E-state index contributed by atoms with van der Waals surface area (Å²) in [5.41, 5.74) is 1.32. The highest BCUT2D eigenvalue weighted by molar-refractivity contribution is 7.99. The van der Waals surface area contributed by atoms with Gasteiger partial charge in [-0.1, -0.05) is 13.0 Å². The Morgan fingerprint density at radius 2 is 2.00 bits per heavy atom. The maximum Gasteiger partial charge on any atom is 0.231 e. The zero-order chi connectivity index (χ0) is 22.0. The predicted molar refractivity (Wildman–Crippen MR) is 116 cm³/mol. The van der Waals surface area contributed by atoms with E-state index in [0.29, 0.717) is 29.4 Å². The highest BCUT2D eigenvalue weighted by atomic mass is 32.2. The zero-order valence-electron chi connectivity index (χ0n) is 16.8. The lowest BCUT2D eigenvalue weighted by Crippen LogP contribution is -2.32. The normalized spacial score (nSPS) is 16.1. The van der Waals surface area contributed by atoms with E-state index < -0.39 is 15.8 Å². The summed E-state index contributed by atoms with van der Waals surface area (Å²) in [6.45, 7) is 2.00. The Morgan fingerprint density at radius 1 is 1.19 bits per heavy atom. The average molecular weight is 463 g/mol.